The third-order valence-electron chi connectivity index (χ3n) is 5.96. The SMILES string of the molecule is C#Cc1cc(CO)c(C2[C@H](O)C(O)[C@H](O)C(CO)S2=C)cc1Cc1ccc(C(F)(F)F)cc1. The molecule has 5 nitrogen and oxygen atoms in total. The summed E-state index contributed by atoms with van der Waals surface area (Å²) in [6.07, 6.45) is -2.94. The molecule has 0 saturated carbocycles. The fraction of sp³-hybridized carbons (Fsp3) is 0.375. The average molecular weight is 483 g/mol. The Morgan fingerprint density at radius 2 is 1.61 bits per heavy atom. The van der Waals surface area contributed by atoms with E-state index in [1.54, 1.807) is 12.1 Å². The van der Waals surface area contributed by atoms with Crippen LogP contribution in [0.3, 0.4) is 0 Å². The summed E-state index contributed by atoms with van der Waals surface area (Å²) in [5.41, 5.74) is 1.65. The molecule has 1 aliphatic rings. The predicted octanol–water partition coefficient (Wildman–Crippen LogP) is 1.97. The normalized spacial score (nSPS) is 27.8. The lowest BCUT2D eigenvalue weighted by Crippen LogP contribution is -2.52. The Morgan fingerprint density at radius 3 is 2.12 bits per heavy atom. The Bertz CT molecular complexity index is 1060. The summed E-state index contributed by atoms with van der Waals surface area (Å²) in [7, 11) is -1.03. The van der Waals surface area contributed by atoms with Crippen LogP contribution in [0.1, 0.15) is 38.6 Å². The Balaban J connectivity index is 2.06. The molecule has 178 valence electrons. The zero-order valence-electron chi connectivity index (χ0n) is 17.5. The minimum Gasteiger partial charge on any atom is -0.395 e. The maximum atomic E-state index is 12.9. The van der Waals surface area contributed by atoms with Crippen molar-refractivity contribution in [2.75, 3.05) is 6.61 Å². The lowest BCUT2D eigenvalue weighted by molar-refractivity contribution is -0.137. The molecule has 2 aromatic carbocycles. The van der Waals surface area contributed by atoms with Crippen molar-refractivity contribution < 1.29 is 38.7 Å². The lowest BCUT2D eigenvalue weighted by Gasteiger charge is -2.43. The van der Waals surface area contributed by atoms with Crippen LogP contribution in [0.4, 0.5) is 13.2 Å². The number of rotatable bonds is 5. The summed E-state index contributed by atoms with van der Waals surface area (Å²) in [6, 6.07) is 7.88. The van der Waals surface area contributed by atoms with Crippen LogP contribution in [0.5, 0.6) is 0 Å². The summed E-state index contributed by atoms with van der Waals surface area (Å²) < 4.78 is 38.6. The van der Waals surface area contributed by atoms with Gasteiger partial charge in [-0.05, 0) is 46.9 Å². The molecule has 9 heteroatoms. The first-order valence-electron chi connectivity index (χ1n) is 10.1. The quantitative estimate of drug-likeness (QED) is 0.332. The molecule has 4 unspecified atom stereocenters. The monoisotopic (exact) mass is 482 g/mol. The Morgan fingerprint density at radius 1 is 0.970 bits per heavy atom. The summed E-state index contributed by atoms with van der Waals surface area (Å²) in [4.78, 5) is 0. The lowest BCUT2D eigenvalue weighted by atomic mass is 9.89. The van der Waals surface area contributed by atoms with Crippen LogP contribution >= 0.6 is 10.5 Å². The molecule has 0 radical (unpaired) electrons. The standard InChI is InChI=1S/C24H25F3O5S/c1-3-14-9-16(11-28)18(23-22(32)21(31)20(30)19(12-29)33(23)2)10-15(14)8-13-4-6-17(7-5-13)24(25,26)27/h1,4-7,9-10,19-23,28-32H,2,8,11-12H2/t19?,20-,21?,22-,23?,33?/m1/s1. The molecule has 3 rings (SSSR count). The van der Waals surface area contributed by atoms with Gasteiger partial charge in [-0.15, -0.1) is 6.42 Å². The molecular formula is C24H25F3O5S. The van der Waals surface area contributed by atoms with Crippen molar-refractivity contribution in [3.8, 4) is 12.3 Å². The van der Waals surface area contributed by atoms with Crippen LogP contribution < -0.4 is 0 Å². The van der Waals surface area contributed by atoms with E-state index >= 15 is 0 Å². The van der Waals surface area contributed by atoms with E-state index in [0.717, 1.165) is 12.1 Å². The second-order valence-electron chi connectivity index (χ2n) is 7.96. The third-order valence-corrected chi connectivity index (χ3v) is 8.35. The molecule has 1 saturated heterocycles. The molecule has 0 aliphatic carbocycles. The van der Waals surface area contributed by atoms with Crippen molar-refractivity contribution in [1.29, 1.82) is 0 Å². The molecular weight excluding hydrogens is 457 g/mol. The van der Waals surface area contributed by atoms with Crippen LogP contribution in [-0.4, -0.2) is 61.6 Å². The molecule has 33 heavy (non-hydrogen) atoms. The van der Waals surface area contributed by atoms with Crippen LogP contribution in [0.15, 0.2) is 36.4 Å². The number of hydrogen-bond acceptors (Lipinski definition) is 5. The van der Waals surface area contributed by atoms with Crippen LogP contribution in [0.2, 0.25) is 0 Å². The number of aliphatic hydroxyl groups excluding tert-OH is 5. The number of aliphatic hydroxyl groups is 5. The first kappa shape index (κ1) is 25.4. The number of benzene rings is 2. The molecule has 6 atom stereocenters. The van der Waals surface area contributed by atoms with E-state index in [9.17, 15) is 38.7 Å². The van der Waals surface area contributed by atoms with Gasteiger partial charge in [-0.2, -0.15) is 23.7 Å². The number of hydrogen-bond donors (Lipinski definition) is 5. The van der Waals surface area contributed by atoms with Gasteiger partial charge in [0.25, 0.3) is 0 Å². The third kappa shape index (κ3) is 5.01. The van der Waals surface area contributed by atoms with E-state index in [0.29, 0.717) is 27.8 Å². The second-order valence-corrected chi connectivity index (χ2v) is 10.0. The predicted molar refractivity (Wildman–Crippen MR) is 121 cm³/mol. The Kier molecular flexibility index (Phi) is 7.69. The van der Waals surface area contributed by atoms with Gasteiger partial charge < -0.3 is 25.5 Å². The smallest absolute Gasteiger partial charge is 0.395 e. The highest BCUT2D eigenvalue weighted by molar-refractivity contribution is 8.15. The zero-order chi connectivity index (χ0) is 24.5. The highest BCUT2D eigenvalue weighted by atomic mass is 32.2. The van der Waals surface area contributed by atoms with Gasteiger partial charge >= 0.3 is 6.18 Å². The summed E-state index contributed by atoms with van der Waals surface area (Å²) in [6.45, 7) is -0.878. The van der Waals surface area contributed by atoms with Gasteiger partial charge in [0.05, 0.1) is 41.5 Å². The molecule has 1 heterocycles. The molecule has 5 N–H and O–H groups in total. The molecule has 2 aromatic rings. The van der Waals surface area contributed by atoms with Gasteiger partial charge in [0, 0.05) is 5.56 Å². The van der Waals surface area contributed by atoms with Crippen molar-refractivity contribution in [2.45, 2.75) is 48.0 Å². The first-order valence-corrected chi connectivity index (χ1v) is 11.6. The van der Waals surface area contributed by atoms with Gasteiger partial charge in [-0.1, -0.05) is 30.0 Å². The Hall–Kier alpha value is -2.19. The summed E-state index contributed by atoms with van der Waals surface area (Å²) >= 11 is 0. The van der Waals surface area contributed by atoms with Crippen LogP contribution in [0, 0.1) is 12.3 Å². The molecule has 0 amide bonds. The average Bonchev–Trinajstić information content (AvgIpc) is 2.78. The zero-order valence-corrected chi connectivity index (χ0v) is 18.4. The van der Waals surface area contributed by atoms with Crippen molar-refractivity contribution >= 4 is 16.4 Å². The van der Waals surface area contributed by atoms with Crippen LogP contribution in [0.25, 0.3) is 0 Å². The maximum absolute atomic E-state index is 12.9. The second kappa shape index (κ2) is 9.97. The van der Waals surface area contributed by atoms with Crippen molar-refractivity contribution in [1.82, 2.24) is 0 Å². The molecule has 0 bridgehead atoms. The van der Waals surface area contributed by atoms with Gasteiger partial charge in [-0.25, -0.2) is 0 Å². The molecule has 0 aromatic heterocycles. The van der Waals surface area contributed by atoms with E-state index in [1.807, 2.05) is 0 Å². The van der Waals surface area contributed by atoms with Gasteiger partial charge in [-0.3, -0.25) is 0 Å². The Labute approximate surface area is 192 Å². The van der Waals surface area contributed by atoms with Gasteiger partial charge in [0.15, 0.2) is 0 Å². The number of terminal acetylenes is 1. The van der Waals surface area contributed by atoms with E-state index < -0.39 is 64.2 Å². The summed E-state index contributed by atoms with van der Waals surface area (Å²) in [5, 5.41) is 49.3. The van der Waals surface area contributed by atoms with E-state index in [4.69, 9.17) is 6.42 Å². The van der Waals surface area contributed by atoms with Gasteiger partial charge in [0.2, 0.25) is 0 Å². The van der Waals surface area contributed by atoms with E-state index in [-0.39, 0.29) is 6.42 Å². The fourth-order valence-electron chi connectivity index (χ4n) is 4.12. The minimum absolute atomic E-state index is 0.193. The molecule has 1 aliphatic heterocycles. The van der Waals surface area contributed by atoms with Crippen molar-refractivity contribution in [2.24, 2.45) is 0 Å². The van der Waals surface area contributed by atoms with E-state index in [1.165, 1.54) is 12.1 Å². The highest BCUT2D eigenvalue weighted by Gasteiger charge is 2.45. The minimum atomic E-state index is -4.45. The first-order chi connectivity index (χ1) is 15.5. The van der Waals surface area contributed by atoms with E-state index in [2.05, 4.69) is 11.8 Å². The van der Waals surface area contributed by atoms with Crippen LogP contribution in [-0.2, 0) is 19.2 Å². The summed E-state index contributed by atoms with van der Waals surface area (Å²) in [5.74, 6) is 6.53. The highest BCUT2D eigenvalue weighted by Crippen LogP contribution is 2.48. The molecule has 1 fully saturated rings. The maximum Gasteiger partial charge on any atom is 0.416 e. The topological polar surface area (TPSA) is 101 Å². The van der Waals surface area contributed by atoms with Gasteiger partial charge in [0.1, 0.15) is 6.10 Å². The van der Waals surface area contributed by atoms with Crippen molar-refractivity contribution in [3.63, 3.8) is 0 Å². The number of halogens is 3. The largest absolute Gasteiger partial charge is 0.416 e. The fourth-order valence-corrected chi connectivity index (χ4v) is 6.27. The molecule has 0 spiro atoms. The number of alkyl halides is 3. The van der Waals surface area contributed by atoms with Crippen molar-refractivity contribution in [3.05, 3.63) is 69.8 Å².